The van der Waals surface area contributed by atoms with E-state index in [1.165, 1.54) is 0 Å². The van der Waals surface area contributed by atoms with Crippen molar-refractivity contribution in [2.45, 2.75) is 12.5 Å². The zero-order chi connectivity index (χ0) is 12.1. The summed E-state index contributed by atoms with van der Waals surface area (Å²) in [6.45, 7) is -0.0599. The smallest absolute Gasteiger partial charge is 0.224 e. The van der Waals surface area contributed by atoms with Gasteiger partial charge in [-0.25, -0.2) is 0 Å². The SMILES string of the molecule is O=C(N[C@H](CO)c1ccccc1)C1CCSC1. The first-order valence-corrected chi connectivity index (χ1v) is 7.00. The fraction of sp³-hybridized carbons (Fsp3) is 0.462. The van der Waals surface area contributed by atoms with Crippen molar-refractivity contribution in [3.63, 3.8) is 0 Å². The van der Waals surface area contributed by atoms with Crippen molar-refractivity contribution in [3.8, 4) is 0 Å². The van der Waals surface area contributed by atoms with Crippen molar-refractivity contribution in [2.75, 3.05) is 18.1 Å². The molecule has 1 aromatic rings. The van der Waals surface area contributed by atoms with Gasteiger partial charge in [0.2, 0.25) is 5.91 Å². The second-order valence-electron chi connectivity index (χ2n) is 4.21. The Bertz CT molecular complexity index is 363. The third kappa shape index (κ3) is 3.23. The van der Waals surface area contributed by atoms with Gasteiger partial charge < -0.3 is 10.4 Å². The first kappa shape index (κ1) is 12.5. The molecule has 0 aromatic heterocycles. The van der Waals surface area contributed by atoms with E-state index in [1.54, 1.807) is 0 Å². The molecule has 1 saturated heterocycles. The zero-order valence-electron chi connectivity index (χ0n) is 9.63. The monoisotopic (exact) mass is 251 g/mol. The number of hydrogen-bond acceptors (Lipinski definition) is 3. The van der Waals surface area contributed by atoms with E-state index in [-0.39, 0.29) is 24.5 Å². The number of thioether (sulfide) groups is 1. The zero-order valence-corrected chi connectivity index (χ0v) is 10.5. The molecule has 4 heteroatoms. The van der Waals surface area contributed by atoms with E-state index in [0.29, 0.717) is 0 Å². The van der Waals surface area contributed by atoms with E-state index in [9.17, 15) is 9.90 Å². The topological polar surface area (TPSA) is 49.3 Å². The Kier molecular flexibility index (Phi) is 4.45. The summed E-state index contributed by atoms with van der Waals surface area (Å²) in [6, 6.07) is 9.31. The summed E-state index contributed by atoms with van der Waals surface area (Å²) < 4.78 is 0. The molecule has 1 fully saturated rings. The van der Waals surface area contributed by atoms with Crippen molar-refractivity contribution in [3.05, 3.63) is 35.9 Å². The van der Waals surface area contributed by atoms with Crippen molar-refractivity contribution < 1.29 is 9.90 Å². The Balaban J connectivity index is 1.97. The van der Waals surface area contributed by atoms with Crippen LogP contribution in [0.25, 0.3) is 0 Å². The number of rotatable bonds is 4. The number of carbonyl (C=O) groups is 1. The summed E-state index contributed by atoms with van der Waals surface area (Å²) in [5.41, 5.74) is 0.953. The lowest BCUT2D eigenvalue weighted by atomic mass is 10.0. The normalized spacial score (nSPS) is 21.1. The molecule has 1 heterocycles. The lowest BCUT2D eigenvalue weighted by molar-refractivity contribution is -0.125. The number of benzene rings is 1. The van der Waals surface area contributed by atoms with E-state index < -0.39 is 0 Å². The third-order valence-corrected chi connectivity index (χ3v) is 4.16. The number of aliphatic hydroxyl groups excluding tert-OH is 1. The number of carbonyl (C=O) groups excluding carboxylic acids is 1. The second kappa shape index (κ2) is 6.07. The van der Waals surface area contributed by atoms with Gasteiger partial charge >= 0.3 is 0 Å². The summed E-state index contributed by atoms with van der Waals surface area (Å²) in [7, 11) is 0. The Labute approximate surface area is 106 Å². The molecular formula is C13H17NO2S. The second-order valence-corrected chi connectivity index (χ2v) is 5.36. The molecule has 1 aromatic carbocycles. The summed E-state index contributed by atoms with van der Waals surface area (Å²) in [4.78, 5) is 12.0. The maximum Gasteiger partial charge on any atom is 0.224 e. The van der Waals surface area contributed by atoms with Crippen LogP contribution in [0.4, 0.5) is 0 Å². The lowest BCUT2D eigenvalue weighted by Crippen LogP contribution is -2.35. The van der Waals surface area contributed by atoms with Crippen LogP contribution in [0.2, 0.25) is 0 Å². The molecule has 0 spiro atoms. The van der Waals surface area contributed by atoms with Gasteiger partial charge in [0.15, 0.2) is 0 Å². The molecule has 3 nitrogen and oxygen atoms in total. The molecule has 0 bridgehead atoms. The molecule has 17 heavy (non-hydrogen) atoms. The third-order valence-electron chi connectivity index (χ3n) is 3.00. The Morgan fingerprint density at radius 3 is 2.82 bits per heavy atom. The molecular weight excluding hydrogens is 234 g/mol. The van der Waals surface area contributed by atoms with Gasteiger partial charge in [-0.1, -0.05) is 30.3 Å². The predicted octanol–water partition coefficient (Wildman–Crippen LogP) is 1.59. The molecule has 0 aliphatic carbocycles. The van der Waals surface area contributed by atoms with Gasteiger partial charge in [-0.05, 0) is 17.7 Å². The molecule has 0 radical (unpaired) electrons. The van der Waals surface area contributed by atoms with E-state index in [0.717, 1.165) is 23.5 Å². The van der Waals surface area contributed by atoms with E-state index in [1.807, 2.05) is 42.1 Å². The fourth-order valence-corrected chi connectivity index (χ4v) is 3.17. The summed E-state index contributed by atoms with van der Waals surface area (Å²) >= 11 is 1.82. The maximum absolute atomic E-state index is 12.0. The minimum Gasteiger partial charge on any atom is -0.394 e. The first-order valence-electron chi connectivity index (χ1n) is 5.85. The largest absolute Gasteiger partial charge is 0.394 e. The highest BCUT2D eigenvalue weighted by atomic mass is 32.2. The fourth-order valence-electron chi connectivity index (χ4n) is 1.95. The van der Waals surface area contributed by atoms with Crippen LogP contribution >= 0.6 is 11.8 Å². The summed E-state index contributed by atoms with van der Waals surface area (Å²) in [5, 5.41) is 12.3. The van der Waals surface area contributed by atoms with Crippen LogP contribution in [-0.2, 0) is 4.79 Å². The van der Waals surface area contributed by atoms with Crippen LogP contribution in [0, 0.1) is 5.92 Å². The maximum atomic E-state index is 12.0. The van der Waals surface area contributed by atoms with Gasteiger partial charge in [-0.3, -0.25) is 4.79 Å². The highest BCUT2D eigenvalue weighted by Gasteiger charge is 2.25. The summed E-state index contributed by atoms with van der Waals surface area (Å²) in [6.07, 6.45) is 0.948. The van der Waals surface area contributed by atoms with Gasteiger partial charge in [-0.2, -0.15) is 11.8 Å². The highest BCUT2D eigenvalue weighted by molar-refractivity contribution is 7.99. The quantitative estimate of drug-likeness (QED) is 0.854. The molecule has 1 amide bonds. The average Bonchev–Trinajstić information content (AvgIpc) is 2.90. The predicted molar refractivity (Wildman–Crippen MR) is 69.8 cm³/mol. The van der Waals surface area contributed by atoms with Crippen LogP contribution in [0.3, 0.4) is 0 Å². The van der Waals surface area contributed by atoms with E-state index >= 15 is 0 Å². The van der Waals surface area contributed by atoms with Crippen molar-refractivity contribution in [2.24, 2.45) is 5.92 Å². The van der Waals surface area contributed by atoms with Crippen LogP contribution in [0.15, 0.2) is 30.3 Å². The van der Waals surface area contributed by atoms with Gasteiger partial charge in [0.1, 0.15) is 0 Å². The Hall–Kier alpha value is -1.00. The van der Waals surface area contributed by atoms with Crippen molar-refractivity contribution in [1.29, 1.82) is 0 Å². The van der Waals surface area contributed by atoms with Crippen molar-refractivity contribution in [1.82, 2.24) is 5.32 Å². The summed E-state index contributed by atoms with van der Waals surface area (Å²) in [5.74, 6) is 2.14. The highest BCUT2D eigenvalue weighted by Crippen LogP contribution is 2.24. The Morgan fingerprint density at radius 1 is 1.47 bits per heavy atom. The number of nitrogens with one attached hydrogen (secondary N) is 1. The molecule has 1 aliphatic rings. The number of amides is 1. The molecule has 92 valence electrons. The van der Waals surface area contributed by atoms with Gasteiger partial charge in [0, 0.05) is 11.7 Å². The number of hydrogen-bond donors (Lipinski definition) is 2. The molecule has 2 atom stereocenters. The van der Waals surface area contributed by atoms with E-state index in [2.05, 4.69) is 5.32 Å². The molecule has 2 N–H and O–H groups in total. The van der Waals surface area contributed by atoms with Crippen LogP contribution in [0.1, 0.15) is 18.0 Å². The Morgan fingerprint density at radius 2 is 2.24 bits per heavy atom. The van der Waals surface area contributed by atoms with Crippen LogP contribution in [-0.4, -0.2) is 29.1 Å². The molecule has 0 saturated carbocycles. The average molecular weight is 251 g/mol. The number of aliphatic hydroxyl groups is 1. The van der Waals surface area contributed by atoms with Gasteiger partial charge in [-0.15, -0.1) is 0 Å². The van der Waals surface area contributed by atoms with Gasteiger partial charge in [0.05, 0.1) is 12.6 Å². The first-order chi connectivity index (χ1) is 8.31. The minimum absolute atomic E-state index is 0.0599. The van der Waals surface area contributed by atoms with Crippen molar-refractivity contribution >= 4 is 17.7 Å². The minimum atomic E-state index is -0.283. The van der Waals surface area contributed by atoms with Gasteiger partial charge in [0.25, 0.3) is 0 Å². The standard InChI is InChI=1S/C13H17NO2S/c15-8-12(10-4-2-1-3-5-10)14-13(16)11-6-7-17-9-11/h1-5,11-12,15H,6-9H2,(H,14,16)/t11?,12-/m1/s1. The molecule has 1 aliphatic heterocycles. The van der Waals surface area contributed by atoms with Crippen LogP contribution < -0.4 is 5.32 Å². The lowest BCUT2D eigenvalue weighted by Gasteiger charge is -2.18. The molecule has 1 unspecified atom stereocenters. The van der Waals surface area contributed by atoms with Crippen LogP contribution in [0.5, 0.6) is 0 Å². The molecule has 2 rings (SSSR count). The van der Waals surface area contributed by atoms with E-state index in [4.69, 9.17) is 0 Å².